The molecule has 2 rings (SSSR count). The van der Waals surface area contributed by atoms with E-state index in [1.807, 2.05) is 37.3 Å². The molecular weight excluding hydrogens is 228 g/mol. The first-order valence-corrected chi connectivity index (χ1v) is 5.51. The molecule has 0 saturated heterocycles. The van der Waals surface area contributed by atoms with Crippen molar-refractivity contribution >= 4 is 17.6 Å². The van der Waals surface area contributed by atoms with E-state index in [2.05, 4.69) is 4.99 Å². The van der Waals surface area contributed by atoms with Crippen molar-refractivity contribution in [3.8, 4) is 0 Å². The summed E-state index contributed by atoms with van der Waals surface area (Å²) in [7, 11) is 0. The second-order valence-corrected chi connectivity index (χ2v) is 3.90. The summed E-state index contributed by atoms with van der Waals surface area (Å²) in [5.74, 6) is 0. The van der Waals surface area contributed by atoms with Gasteiger partial charge in [-0.25, -0.2) is 0 Å². The molecule has 0 fully saturated rings. The molecule has 0 N–H and O–H groups in total. The molecule has 0 spiro atoms. The Hall–Kier alpha value is -2.49. The number of aryl methyl sites for hydroxylation is 1. The Morgan fingerprint density at radius 1 is 1.17 bits per heavy atom. The Morgan fingerprint density at radius 2 is 1.89 bits per heavy atom. The molecule has 0 unspecified atom stereocenters. The van der Waals surface area contributed by atoms with Gasteiger partial charge in [0.25, 0.3) is 5.69 Å². The Morgan fingerprint density at radius 3 is 2.56 bits per heavy atom. The summed E-state index contributed by atoms with van der Waals surface area (Å²) in [5.41, 5.74) is 2.55. The fourth-order valence-corrected chi connectivity index (χ4v) is 1.53. The predicted octanol–water partition coefficient (Wildman–Crippen LogP) is 3.65. The molecule has 2 aromatic carbocycles. The summed E-state index contributed by atoms with van der Waals surface area (Å²) in [5, 5.41) is 10.7. The van der Waals surface area contributed by atoms with Crippen LogP contribution in [0.2, 0.25) is 0 Å². The number of nitro groups is 1. The minimum atomic E-state index is -0.416. The predicted molar refractivity (Wildman–Crippen MR) is 71.5 cm³/mol. The molecule has 0 heterocycles. The van der Waals surface area contributed by atoms with Crippen molar-refractivity contribution in [1.29, 1.82) is 0 Å². The smallest absolute Gasteiger partial charge is 0.258 e. The van der Waals surface area contributed by atoms with Gasteiger partial charge in [0.05, 0.1) is 10.6 Å². The average molecular weight is 240 g/mol. The lowest BCUT2D eigenvalue weighted by molar-refractivity contribution is -0.384. The van der Waals surface area contributed by atoms with E-state index in [0.717, 1.165) is 11.1 Å². The van der Waals surface area contributed by atoms with Gasteiger partial charge in [-0.15, -0.1) is 0 Å². The van der Waals surface area contributed by atoms with Gasteiger partial charge >= 0.3 is 0 Å². The monoisotopic (exact) mass is 240 g/mol. The van der Waals surface area contributed by atoms with Crippen LogP contribution in [-0.2, 0) is 0 Å². The highest BCUT2D eigenvalue weighted by Crippen LogP contribution is 2.24. The molecule has 4 nitrogen and oxygen atoms in total. The van der Waals surface area contributed by atoms with E-state index >= 15 is 0 Å². The van der Waals surface area contributed by atoms with E-state index in [0.29, 0.717) is 5.69 Å². The Bertz CT molecular complexity index is 592. The van der Waals surface area contributed by atoms with Crippen LogP contribution in [0.4, 0.5) is 11.4 Å². The van der Waals surface area contributed by atoms with Gasteiger partial charge in [0, 0.05) is 18.3 Å². The molecule has 0 aliphatic heterocycles. The Kier molecular flexibility index (Phi) is 3.48. The van der Waals surface area contributed by atoms with E-state index in [4.69, 9.17) is 0 Å². The molecule has 2 aromatic rings. The number of aliphatic imine (C=N–C) groups is 1. The molecule has 90 valence electrons. The SMILES string of the molecule is Cc1ccc([N+](=O)[O-])cc1N=Cc1ccccc1. The van der Waals surface area contributed by atoms with Crippen LogP contribution in [-0.4, -0.2) is 11.1 Å². The third-order valence-electron chi connectivity index (χ3n) is 2.56. The highest BCUT2D eigenvalue weighted by molar-refractivity contribution is 5.82. The van der Waals surface area contributed by atoms with Crippen molar-refractivity contribution in [2.24, 2.45) is 4.99 Å². The number of non-ortho nitro benzene ring substituents is 1. The number of rotatable bonds is 3. The minimum Gasteiger partial charge on any atom is -0.258 e. The highest BCUT2D eigenvalue weighted by atomic mass is 16.6. The lowest BCUT2D eigenvalue weighted by atomic mass is 10.2. The summed E-state index contributed by atoms with van der Waals surface area (Å²) in [6.07, 6.45) is 1.70. The van der Waals surface area contributed by atoms with Gasteiger partial charge in [0.15, 0.2) is 0 Å². The van der Waals surface area contributed by atoms with E-state index in [-0.39, 0.29) is 5.69 Å². The maximum Gasteiger partial charge on any atom is 0.271 e. The first-order valence-electron chi connectivity index (χ1n) is 5.51. The van der Waals surface area contributed by atoms with Crippen LogP contribution >= 0.6 is 0 Å². The molecule has 0 radical (unpaired) electrons. The lowest BCUT2D eigenvalue weighted by Crippen LogP contribution is -1.88. The highest BCUT2D eigenvalue weighted by Gasteiger charge is 2.07. The van der Waals surface area contributed by atoms with Crippen LogP contribution in [0.3, 0.4) is 0 Å². The standard InChI is InChI=1S/C14H12N2O2/c1-11-7-8-13(16(17)18)9-14(11)15-10-12-5-3-2-4-6-12/h2-10H,1H3. The topological polar surface area (TPSA) is 55.5 Å². The van der Waals surface area contributed by atoms with Gasteiger partial charge < -0.3 is 0 Å². The largest absolute Gasteiger partial charge is 0.271 e. The van der Waals surface area contributed by atoms with Gasteiger partial charge in [-0.3, -0.25) is 15.1 Å². The zero-order chi connectivity index (χ0) is 13.0. The van der Waals surface area contributed by atoms with Crippen molar-refractivity contribution in [1.82, 2.24) is 0 Å². The average Bonchev–Trinajstić information content (AvgIpc) is 2.38. The van der Waals surface area contributed by atoms with E-state index < -0.39 is 4.92 Å². The number of hydrogen-bond acceptors (Lipinski definition) is 3. The van der Waals surface area contributed by atoms with Crippen molar-refractivity contribution in [3.63, 3.8) is 0 Å². The third kappa shape index (κ3) is 2.79. The second kappa shape index (κ2) is 5.23. The summed E-state index contributed by atoms with van der Waals surface area (Å²) in [4.78, 5) is 14.6. The molecule has 0 aliphatic rings. The second-order valence-electron chi connectivity index (χ2n) is 3.90. The van der Waals surface area contributed by atoms with Crippen molar-refractivity contribution < 1.29 is 4.92 Å². The normalized spacial score (nSPS) is 10.7. The molecule has 0 bridgehead atoms. The van der Waals surface area contributed by atoms with Gasteiger partial charge in [-0.2, -0.15) is 0 Å². The van der Waals surface area contributed by atoms with E-state index in [1.54, 1.807) is 12.3 Å². The van der Waals surface area contributed by atoms with Gasteiger partial charge in [-0.1, -0.05) is 36.4 Å². The number of benzene rings is 2. The zero-order valence-electron chi connectivity index (χ0n) is 9.91. The molecule has 4 heteroatoms. The fourth-order valence-electron chi connectivity index (χ4n) is 1.53. The molecular formula is C14H12N2O2. The maximum atomic E-state index is 10.7. The number of hydrogen-bond donors (Lipinski definition) is 0. The van der Waals surface area contributed by atoms with Crippen molar-refractivity contribution in [2.75, 3.05) is 0 Å². The molecule has 18 heavy (non-hydrogen) atoms. The molecule has 0 aromatic heterocycles. The summed E-state index contributed by atoms with van der Waals surface area (Å²) in [6.45, 7) is 1.88. The maximum absolute atomic E-state index is 10.7. The molecule has 0 saturated carbocycles. The number of nitrogens with zero attached hydrogens (tertiary/aromatic N) is 2. The summed E-state index contributed by atoms with van der Waals surface area (Å²) in [6, 6.07) is 14.3. The fraction of sp³-hybridized carbons (Fsp3) is 0.0714. The van der Waals surface area contributed by atoms with E-state index in [1.165, 1.54) is 12.1 Å². The van der Waals surface area contributed by atoms with Crippen LogP contribution in [0, 0.1) is 17.0 Å². The Balaban J connectivity index is 2.31. The van der Waals surface area contributed by atoms with Crippen molar-refractivity contribution in [3.05, 3.63) is 69.8 Å². The van der Waals surface area contributed by atoms with Gasteiger partial charge in [0.1, 0.15) is 0 Å². The third-order valence-corrected chi connectivity index (χ3v) is 2.56. The summed E-state index contributed by atoms with van der Waals surface area (Å²) < 4.78 is 0. The van der Waals surface area contributed by atoms with Crippen LogP contribution in [0.5, 0.6) is 0 Å². The number of nitro benzene ring substituents is 1. The van der Waals surface area contributed by atoms with Crippen LogP contribution in [0.15, 0.2) is 53.5 Å². The van der Waals surface area contributed by atoms with Gasteiger partial charge in [-0.05, 0) is 18.1 Å². The van der Waals surface area contributed by atoms with Crippen molar-refractivity contribution in [2.45, 2.75) is 6.92 Å². The Labute approximate surface area is 105 Å². The molecule has 0 atom stereocenters. The van der Waals surface area contributed by atoms with Gasteiger partial charge in [0.2, 0.25) is 0 Å². The summed E-state index contributed by atoms with van der Waals surface area (Å²) >= 11 is 0. The van der Waals surface area contributed by atoms with Crippen LogP contribution in [0.25, 0.3) is 0 Å². The van der Waals surface area contributed by atoms with Crippen LogP contribution in [0.1, 0.15) is 11.1 Å². The molecule has 0 amide bonds. The van der Waals surface area contributed by atoms with Crippen LogP contribution < -0.4 is 0 Å². The first kappa shape index (κ1) is 12.0. The first-order chi connectivity index (χ1) is 8.66. The zero-order valence-corrected chi connectivity index (χ0v) is 9.91. The lowest BCUT2D eigenvalue weighted by Gasteiger charge is -1.99. The minimum absolute atomic E-state index is 0.0563. The van der Waals surface area contributed by atoms with E-state index in [9.17, 15) is 10.1 Å². The molecule has 0 aliphatic carbocycles. The quantitative estimate of drug-likeness (QED) is 0.467.